The number of fused-ring (bicyclic) bond motifs is 4. The Labute approximate surface area is 446 Å². The van der Waals surface area contributed by atoms with Crippen molar-refractivity contribution in [2.45, 2.75) is 146 Å². The highest BCUT2D eigenvalue weighted by molar-refractivity contribution is 8.00. The lowest BCUT2D eigenvalue weighted by atomic mass is 9.82. The number of anilines is 1. The zero-order valence-corrected chi connectivity index (χ0v) is 45.4. The van der Waals surface area contributed by atoms with Crippen LogP contribution in [-0.2, 0) is 68.6 Å². The zero-order chi connectivity index (χ0) is 54.9. The molecule has 1 aromatic carbocycles. The Bertz CT molecular complexity index is 2400. The SMILES string of the molecule is CCO[C@@H]1C[C@@H](OC(=O)[C@H](C)N(C)C(=O)CCS[C@@H]2CC(=O)N(CC3CCC(C(=O)ON4C(=O)CCC4=O)CC3)C2=O)CC(=O)N(C)c2cc(cc(OC)c2Cl)C/C(C)=C/C=C/[C@@H](OC)[C@@]2(O)C[C@H](OC(=O)N2)[C@H]1C. The summed E-state index contributed by atoms with van der Waals surface area (Å²) < 4.78 is 29.3. The zero-order valence-electron chi connectivity index (χ0n) is 43.8. The molecule has 21 nitrogen and oxygen atoms in total. The van der Waals surface area contributed by atoms with Gasteiger partial charge in [-0.3, -0.25) is 39.0 Å². The summed E-state index contributed by atoms with van der Waals surface area (Å²) in [5.41, 5.74) is 0.0969. The first-order valence-electron chi connectivity index (χ1n) is 25.4. The number of ether oxygens (including phenoxy) is 5. The first-order chi connectivity index (χ1) is 35.6. The van der Waals surface area contributed by atoms with Crippen molar-refractivity contribution in [3.05, 3.63) is 46.5 Å². The third-order valence-corrected chi connectivity index (χ3v) is 16.3. The van der Waals surface area contributed by atoms with Gasteiger partial charge in [-0.15, -0.1) is 16.8 Å². The van der Waals surface area contributed by atoms with E-state index in [1.54, 1.807) is 45.2 Å². The van der Waals surface area contributed by atoms with E-state index in [0.717, 1.165) is 11.1 Å². The number of methoxy groups -OCH3 is 2. The molecule has 5 aliphatic rings. The Morgan fingerprint density at radius 3 is 2.36 bits per heavy atom. The quantitative estimate of drug-likeness (QED) is 0.176. The van der Waals surface area contributed by atoms with E-state index in [1.807, 2.05) is 13.0 Å². The van der Waals surface area contributed by atoms with Crippen LogP contribution in [0, 0.1) is 17.8 Å². The fourth-order valence-electron chi connectivity index (χ4n) is 10.0. The number of likely N-dealkylation sites (N-methyl/N-ethyl adjacent to an activating group) is 1. The fourth-order valence-corrected chi connectivity index (χ4v) is 11.4. The highest BCUT2D eigenvalue weighted by Crippen LogP contribution is 2.39. The molecule has 4 bridgehead atoms. The topological polar surface area (TPSA) is 254 Å². The van der Waals surface area contributed by atoms with Crippen LogP contribution < -0.4 is 15.0 Å². The minimum Gasteiger partial charge on any atom is -0.495 e. The van der Waals surface area contributed by atoms with Gasteiger partial charge in [0.15, 0.2) is 5.72 Å². The fraction of sp³-hybridized carbons (Fsp3) is 0.635. The number of aliphatic hydroxyl groups is 1. The molecule has 6 rings (SSSR count). The molecule has 1 saturated carbocycles. The molecule has 0 radical (unpaired) electrons. The number of halogens is 1. The number of imide groups is 2. The standard InChI is InChI=1S/C52H70ClN5O16S/c1-9-71-37-24-35(25-45(62)56(6)36-22-33(23-38(69-7)47(36)53)21-29(2)11-10-12-41(70-8)52(68)27-39(30(37)3)73-51(67)54-52)72-49(65)31(4)55(5)42(59)19-20-75-40-26-46(63)57(48(40)64)28-32-13-15-34(16-14-32)50(66)74-58-43(60)17-18-44(58)61/h10-12,22-23,30-32,34-35,37,39-41,68H,9,13-21,24-28H2,1-8H3,(H,54,67)/b12-10+,29-11+/t30-,31-,32?,34?,35+,37+,39-,40+,41+,52-/m0/s1. The molecule has 4 aliphatic heterocycles. The van der Waals surface area contributed by atoms with Gasteiger partial charge in [-0.05, 0) is 76.5 Å². The number of esters is 1. The van der Waals surface area contributed by atoms with Crippen LogP contribution in [0.4, 0.5) is 10.5 Å². The molecular formula is C52H70ClN5O16S. The van der Waals surface area contributed by atoms with Crippen molar-refractivity contribution in [3.8, 4) is 5.75 Å². The van der Waals surface area contributed by atoms with E-state index in [9.17, 15) is 48.3 Å². The number of carbonyl (C=O) groups is 9. The summed E-state index contributed by atoms with van der Waals surface area (Å²) in [6.45, 7) is 7.28. The number of hydroxylamine groups is 2. The van der Waals surface area contributed by atoms with Crippen molar-refractivity contribution < 1.29 is 76.8 Å². The Kier molecular flexibility index (Phi) is 20.3. The number of nitrogens with one attached hydrogen (secondary N) is 1. The number of alkyl carbamates (subject to hydrolysis) is 1. The average Bonchev–Trinajstić information content (AvgIpc) is 3.83. The number of carbonyl (C=O) groups excluding carboxylic acids is 9. The third kappa shape index (κ3) is 14.5. The maximum Gasteiger partial charge on any atom is 0.409 e. The average molecular weight is 1090 g/mol. The Morgan fingerprint density at radius 1 is 1.01 bits per heavy atom. The molecule has 4 heterocycles. The lowest BCUT2D eigenvalue weighted by molar-refractivity contribution is -0.201. The van der Waals surface area contributed by atoms with E-state index in [2.05, 4.69) is 5.32 Å². The summed E-state index contributed by atoms with van der Waals surface area (Å²) in [6.07, 6.45) is 2.04. The van der Waals surface area contributed by atoms with Crippen LogP contribution in [0.3, 0.4) is 0 Å². The van der Waals surface area contributed by atoms with Crippen LogP contribution in [-0.4, -0.2) is 162 Å². The van der Waals surface area contributed by atoms with E-state index >= 15 is 0 Å². The molecule has 75 heavy (non-hydrogen) atoms. The predicted molar refractivity (Wildman–Crippen MR) is 273 cm³/mol. The summed E-state index contributed by atoms with van der Waals surface area (Å²) in [7, 11) is 5.86. The molecule has 0 unspecified atom stereocenters. The summed E-state index contributed by atoms with van der Waals surface area (Å²) in [4.78, 5) is 127. The molecule has 2 N–H and O–H groups in total. The molecule has 4 fully saturated rings. The van der Waals surface area contributed by atoms with Crippen molar-refractivity contribution in [1.29, 1.82) is 0 Å². The largest absolute Gasteiger partial charge is 0.495 e. The number of thioether (sulfide) groups is 1. The normalized spacial score (nSPS) is 29.5. The minimum absolute atomic E-state index is 0.00242. The molecule has 7 amide bonds. The van der Waals surface area contributed by atoms with E-state index in [-0.39, 0.29) is 86.6 Å². The lowest BCUT2D eigenvalue weighted by Gasteiger charge is -2.43. The molecule has 412 valence electrons. The second-order valence-electron chi connectivity index (χ2n) is 19.9. The van der Waals surface area contributed by atoms with Crippen LogP contribution in [0.1, 0.15) is 104 Å². The Balaban J connectivity index is 1.10. The van der Waals surface area contributed by atoms with Gasteiger partial charge in [-0.1, -0.05) is 42.3 Å². The van der Waals surface area contributed by atoms with Gasteiger partial charge in [0.1, 0.15) is 35.1 Å². The van der Waals surface area contributed by atoms with Crippen molar-refractivity contribution in [2.24, 2.45) is 17.8 Å². The smallest absolute Gasteiger partial charge is 0.409 e. The molecule has 23 heteroatoms. The monoisotopic (exact) mass is 1090 g/mol. The number of hydrogen-bond acceptors (Lipinski definition) is 17. The number of hydrogen-bond donors (Lipinski definition) is 2. The van der Waals surface area contributed by atoms with Crippen molar-refractivity contribution in [3.63, 3.8) is 0 Å². The van der Waals surface area contributed by atoms with Gasteiger partial charge >= 0.3 is 18.0 Å². The van der Waals surface area contributed by atoms with Gasteiger partial charge in [0.05, 0.1) is 36.5 Å². The van der Waals surface area contributed by atoms with Crippen LogP contribution in [0.15, 0.2) is 35.9 Å². The molecule has 1 aromatic rings. The first-order valence-corrected chi connectivity index (χ1v) is 26.8. The number of benzene rings is 1. The van der Waals surface area contributed by atoms with Gasteiger partial charge < -0.3 is 43.4 Å². The van der Waals surface area contributed by atoms with Gasteiger partial charge in [0, 0.05) is 84.6 Å². The second kappa shape index (κ2) is 26.0. The van der Waals surface area contributed by atoms with E-state index in [0.29, 0.717) is 48.6 Å². The second-order valence-corrected chi connectivity index (χ2v) is 21.6. The lowest BCUT2D eigenvalue weighted by Crippen LogP contribution is -2.63. The van der Waals surface area contributed by atoms with E-state index < -0.39 is 94.9 Å². The van der Waals surface area contributed by atoms with Crippen LogP contribution in [0.2, 0.25) is 5.02 Å². The minimum atomic E-state index is -1.90. The van der Waals surface area contributed by atoms with E-state index in [1.165, 1.54) is 54.7 Å². The number of allylic oxidation sites excluding steroid dienone is 3. The van der Waals surface area contributed by atoms with Crippen LogP contribution >= 0.6 is 23.4 Å². The molecule has 8 atom stereocenters. The predicted octanol–water partition coefficient (Wildman–Crippen LogP) is 4.82. The van der Waals surface area contributed by atoms with Crippen LogP contribution in [0.5, 0.6) is 5.75 Å². The Morgan fingerprint density at radius 2 is 1.71 bits per heavy atom. The molecule has 0 aromatic heterocycles. The number of amides is 7. The molecule has 3 saturated heterocycles. The maximum absolute atomic E-state index is 14.3. The third-order valence-electron chi connectivity index (χ3n) is 14.7. The highest BCUT2D eigenvalue weighted by atomic mass is 35.5. The summed E-state index contributed by atoms with van der Waals surface area (Å²) in [6, 6.07) is 2.38. The summed E-state index contributed by atoms with van der Waals surface area (Å²) in [5, 5.41) is 14.4. The van der Waals surface area contributed by atoms with Crippen molar-refractivity contribution in [2.75, 3.05) is 52.1 Å². The Hall–Kier alpha value is -5.55. The van der Waals surface area contributed by atoms with Gasteiger partial charge in [-0.2, -0.15) is 0 Å². The number of rotatable bonds is 15. The van der Waals surface area contributed by atoms with Crippen LogP contribution in [0.25, 0.3) is 0 Å². The molecule has 0 spiro atoms. The highest BCUT2D eigenvalue weighted by Gasteiger charge is 2.48. The van der Waals surface area contributed by atoms with E-state index in [4.69, 9.17) is 40.1 Å². The van der Waals surface area contributed by atoms with Crippen molar-refractivity contribution in [1.82, 2.24) is 20.2 Å². The first kappa shape index (κ1) is 58.7. The van der Waals surface area contributed by atoms with Gasteiger partial charge in [0.2, 0.25) is 23.6 Å². The summed E-state index contributed by atoms with van der Waals surface area (Å²) >= 11 is 7.99. The number of nitrogens with zero attached hydrogens (tertiary/aromatic N) is 4. The summed E-state index contributed by atoms with van der Waals surface area (Å²) in [5.74, 6) is -4.91. The maximum atomic E-state index is 14.3. The molecular weight excluding hydrogens is 1020 g/mol. The van der Waals surface area contributed by atoms with Gasteiger partial charge in [-0.25, -0.2) is 14.4 Å². The van der Waals surface area contributed by atoms with Crippen molar-refractivity contribution >= 4 is 82.5 Å². The number of likely N-dealkylation sites (tertiary alicyclic amines) is 1. The van der Waals surface area contributed by atoms with Gasteiger partial charge in [0.25, 0.3) is 11.8 Å². The molecule has 1 aliphatic carbocycles.